The molecule has 0 saturated heterocycles. The maximum Gasteiger partial charge on any atom is 0.145 e. The number of pyridine rings is 2. The largest absolute Gasteiger partial charge is 0.292 e. The number of rotatable bonds is 5. The number of halogens is 1. The first-order valence-corrected chi connectivity index (χ1v) is 13.8. The average Bonchev–Trinajstić information content (AvgIpc) is 3.42. The molecule has 0 bridgehead atoms. The minimum atomic E-state index is 0.878. The van der Waals surface area contributed by atoms with Crippen LogP contribution in [0.5, 0.6) is 0 Å². The first-order chi connectivity index (χ1) is 19.7. The van der Waals surface area contributed by atoms with E-state index in [1.165, 1.54) is 0 Å². The molecule has 0 amide bonds. The van der Waals surface area contributed by atoms with Crippen molar-refractivity contribution >= 4 is 27.0 Å². The molecule has 0 aliphatic carbocycles. The minimum absolute atomic E-state index is 0.878. The van der Waals surface area contributed by atoms with Gasteiger partial charge in [0.25, 0.3) is 0 Å². The molecule has 7 aromatic rings. The Morgan fingerprint density at radius 3 is 1.95 bits per heavy atom. The second-order valence-electron chi connectivity index (χ2n) is 9.55. The zero-order chi connectivity index (χ0) is 26.9. The molecule has 7 rings (SSSR count). The molecule has 0 radical (unpaired) electrons. The highest BCUT2D eigenvalue weighted by atomic mass is 79.9. The van der Waals surface area contributed by atoms with E-state index in [-0.39, 0.29) is 0 Å². The normalized spacial score (nSPS) is 11.1. The molecular formula is C35H23BrN4. The number of hydrogen-bond acceptors (Lipinski definition) is 3. The molecule has 0 aliphatic heterocycles. The van der Waals surface area contributed by atoms with Gasteiger partial charge in [0.15, 0.2) is 0 Å². The molecule has 4 aromatic carbocycles. The van der Waals surface area contributed by atoms with Crippen molar-refractivity contribution in [1.29, 1.82) is 0 Å². The van der Waals surface area contributed by atoms with Crippen LogP contribution < -0.4 is 0 Å². The van der Waals surface area contributed by atoms with E-state index >= 15 is 0 Å². The predicted octanol–water partition coefficient (Wildman–Crippen LogP) is 9.25. The first-order valence-electron chi connectivity index (χ1n) is 13.0. The van der Waals surface area contributed by atoms with Crippen molar-refractivity contribution in [3.05, 3.63) is 144 Å². The number of para-hydroxylation sites is 1. The monoisotopic (exact) mass is 578 g/mol. The van der Waals surface area contributed by atoms with E-state index < -0.39 is 0 Å². The summed E-state index contributed by atoms with van der Waals surface area (Å²) in [6.07, 6.45) is 5.55. The number of aromatic nitrogens is 4. The highest BCUT2D eigenvalue weighted by Gasteiger charge is 2.18. The van der Waals surface area contributed by atoms with Crippen molar-refractivity contribution in [1.82, 2.24) is 19.5 Å². The molecule has 0 N–H and O–H groups in total. The van der Waals surface area contributed by atoms with Crippen LogP contribution >= 0.6 is 15.9 Å². The van der Waals surface area contributed by atoms with E-state index in [2.05, 4.69) is 110 Å². The summed E-state index contributed by atoms with van der Waals surface area (Å²) >= 11 is 3.70. The highest BCUT2D eigenvalue weighted by Crippen LogP contribution is 2.35. The summed E-state index contributed by atoms with van der Waals surface area (Å²) < 4.78 is 3.25. The third-order valence-electron chi connectivity index (χ3n) is 7.00. The van der Waals surface area contributed by atoms with E-state index in [4.69, 9.17) is 9.97 Å². The summed E-state index contributed by atoms with van der Waals surface area (Å²) in [4.78, 5) is 14.2. The zero-order valence-electron chi connectivity index (χ0n) is 21.4. The summed E-state index contributed by atoms with van der Waals surface area (Å²) in [5.41, 5.74) is 10.4. The van der Waals surface area contributed by atoms with Crippen LogP contribution in [0.2, 0.25) is 0 Å². The summed E-state index contributed by atoms with van der Waals surface area (Å²) in [5.74, 6) is 0.878. The Morgan fingerprint density at radius 1 is 0.550 bits per heavy atom. The number of fused-ring (bicyclic) bond motifs is 1. The smallest absolute Gasteiger partial charge is 0.145 e. The Hall–Kier alpha value is -4.87. The first kappa shape index (κ1) is 24.2. The molecule has 0 atom stereocenters. The van der Waals surface area contributed by atoms with Crippen LogP contribution in [0.3, 0.4) is 0 Å². The van der Waals surface area contributed by atoms with Gasteiger partial charge in [0.1, 0.15) is 11.3 Å². The number of imidazole rings is 1. The number of nitrogens with zero attached hydrogens (tertiary/aromatic N) is 4. The lowest BCUT2D eigenvalue weighted by atomic mass is 9.99. The van der Waals surface area contributed by atoms with E-state index in [1.807, 2.05) is 48.8 Å². The fourth-order valence-electron chi connectivity index (χ4n) is 5.11. The Bertz CT molecular complexity index is 1930. The lowest BCUT2D eigenvalue weighted by Crippen LogP contribution is -1.97. The topological polar surface area (TPSA) is 43.6 Å². The quantitative estimate of drug-likeness (QED) is 0.204. The molecule has 0 fully saturated rings. The van der Waals surface area contributed by atoms with Gasteiger partial charge in [0.05, 0.1) is 11.2 Å². The van der Waals surface area contributed by atoms with Crippen molar-refractivity contribution in [2.24, 2.45) is 0 Å². The van der Waals surface area contributed by atoms with Crippen LogP contribution in [0, 0.1) is 0 Å². The van der Waals surface area contributed by atoms with Gasteiger partial charge < -0.3 is 0 Å². The fourth-order valence-corrected chi connectivity index (χ4v) is 5.61. The molecule has 4 nitrogen and oxygen atoms in total. The highest BCUT2D eigenvalue weighted by molar-refractivity contribution is 9.10. The van der Waals surface area contributed by atoms with Gasteiger partial charge in [-0.2, -0.15) is 0 Å². The summed E-state index contributed by atoms with van der Waals surface area (Å²) in [5, 5.41) is 0. The molecule has 3 heterocycles. The van der Waals surface area contributed by atoms with Gasteiger partial charge in [0, 0.05) is 45.4 Å². The van der Waals surface area contributed by atoms with Gasteiger partial charge in [-0.15, -0.1) is 0 Å². The molecule has 190 valence electrons. The van der Waals surface area contributed by atoms with Gasteiger partial charge in [-0.1, -0.05) is 94.8 Å². The fraction of sp³-hybridized carbons (Fsp3) is 0. The van der Waals surface area contributed by atoms with Gasteiger partial charge in [-0.05, 0) is 59.2 Å². The number of hydrogen-bond donors (Lipinski definition) is 0. The van der Waals surface area contributed by atoms with Crippen LogP contribution in [0.4, 0.5) is 0 Å². The minimum Gasteiger partial charge on any atom is -0.292 e. The van der Waals surface area contributed by atoms with Gasteiger partial charge >= 0.3 is 0 Å². The van der Waals surface area contributed by atoms with Crippen molar-refractivity contribution in [2.75, 3.05) is 0 Å². The van der Waals surface area contributed by atoms with Crippen molar-refractivity contribution in [2.45, 2.75) is 0 Å². The Kier molecular flexibility index (Phi) is 6.27. The molecule has 3 aromatic heterocycles. The number of benzene rings is 4. The van der Waals surface area contributed by atoms with Crippen LogP contribution in [0.15, 0.2) is 144 Å². The molecule has 5 heteroatoms. The van der Waals surface area contributed by atoms with E-state index in [0.717, 1.165) is 66.1 Å². The summed E-state index contributed by atoms with van der Waals surface area (Å²) in [6.45, 7) is 0. The summed E-state index contributed by atoms with van der Waals surface area (Å²) in [6, 6.07) is 41.8. The van der Waals surface area contributed by atoms with Gasteiger partial charge in [-0.3, -0.25) is 14.5 Å². The van der Waals surface area contributed by atoms with Crippen LogP contribution in [0.25, 0.3) is 61.6 Å². The third kappa shape index (κ3) is 4.51. The maximum absolute atomic E-state index is 5.19. The van der Waals surface area contributed by atoms with Crippen molar-refractivity contribution < 1.29 is 0 Å². The Balaban J connectivity index is 1.36. The van der Waals surface area contributed by atoms with Crippen LogP contribution in [0.1, 0.15) is 0 Å². The maximum atomic E-state index is 5.19. The summed E-state index contributed by atoms with van der Waals surface area (Å²) in [7, 11) is 0. The lowest BCUT2D eigenvalue weighted by Gasteiger charge is -2.11. The van der Waals surface area contributed by atoms with E-state index in [0.29, 0.717) is 0 Å². The van der Waals surface area contributed by atoms with E-state index in [1.54, 1.807) is 6.20 Å². The molecule has 40 heavy (non-hydrogen) atoms. The second kappa shape index (κ2) is 10.4. The SMILES string of the molecule is Brc1cc(-c2ccc(-c3nc4c(-c5ccccc5)nccc4n3-c3ccccc3)cc2)cc(-c2cccnc2)c1. The van der Waals surface area contributed by atoms with Crippen molar-refractivity contribution in [3.63, 3.8) is 0 Å². The molecule has 0 aliphatic rings. The van der Waals surface area contributed by atoms with Crippen LogP contribution in [-0.4, -0.2) is 19.5 Å². The van der Waals surface area contributed by atoms with Crippen LogP contribution in [-0.2, 0) is 0 Å². The molecule has 0 spiro atoms. The lowest BCUT2D eigenvalue weighted by molar-refractivity contribution is 1.10. The van der Waals surface area contributed by atoms with Gasteiger partial charge in [0.2, 0.25) is 0 Å². The predicted molar refractivity (Wildman–Crippen MR) is 166 cm³/mol. The molecular weight excluding hydrogens is 556 g/mol. The standard InChI is InChI=1S/C35H23BrN4/c36-30-21-28(20-29(22-30)27-10-7-18-37-23-27)24-13-15-26(16-14-24)35-39-34-32(40(35)31-11-5-2-6-12-31)17-19-38-33(34)25-8-3-1-4-9-25/h1-23H. The third-order valence-corrected chi connectivity index (χ3v) is 7.46. The van der Waals surface area contributed by atoms with Crippen molar-refractivity contribution in [3.8, 4) is 50.6 Å². The molecule has 0 unspecified atom stereocenters. The molecule has 0 saturated carbocycles. The second-order valence-corrected chi connectivity index (χ2v) is 10.5. The van der Waals surface area contributed by atoms with E-state index in [9.17, 15) is 0 Å². The average molecular weight is 580 g/mol. The zero-order valence-corrected chi connectivity index (χ0v) is 23.0. The Labute approximate surface area is 240 Å². The van der Waals surface area contributed by atoms with Gasteiger partial charge in [-0.25, -0.2) is 4.98 Å². The Morgan fingerprint density at radius 2 is 1.23 bits per heavy atom.